The second-order valence-electron chi connectivity index (χ2n) is 1.89. The minimum Gasteiger partial charge on any atom is -0.870 e. The summed E-state index contributed by atoms with van der Waals surface area (Å²) in [7, 11) is 7.01. The van der Waals surface area contributed by atoms with Crippen LogP contribution in [0, 0.1) is 0 Å². The largest absolute Gasteiger partial charge is 0.870 e. The van der Waals surface area contributed by atoms with E-state index in [4.69, 9.17) is 24.2 Å². The fourth-order valence-corrected chi connectivity index (χ4v) is 0.949. The molecule has 64 valence electrons. The minimum atomic E-state index is 0. The van der Waals surface area contributed by atoms with Crippen LogP contribution in [0.25, 0.3) is 0 Å². The molecule has 0 bridgehead atoms. The fraction of sp³-hybridized carbons (Fsp3) is 0.143. The van der Waals surface area contributed by atoms with E-state index in [1.165, 1.54) is 0 Å². The molecule has 1 aromatic rings. The number of hydrogen-bond acceptors (Lipinski definition) is 3. The van der Waals surface area contributed by atoms with Crippen LogP contribution in [-0.4, -0.2) is 25.9 Å². The van der Waals surface area contributed by atoms with Crippen molar-refractivity contribution in [2.24, 2.45) is 0 Å². The van der Waals surface area contributed by atoms with E-state index < -0.39 is 0 Å². The second-order valence-corrected chi connectivity index (χ2v) is 2.30. The maximum absolute atomic E-state index is 5.72. The molecule has 0 amide bonds. The van der Waals surface area contributed by atoms with Crippen LogP contribution in [0.3, 0.4) is 0 Å². The third-order valence-electron chi connectivity index (χ3n) is 1.18. The van der Waals surface area contributed by atoms with Crippen molar-refractivity contribution in [1.82, 2.24) is 0 Å². The van der Waals surface area contributed by atoms with E-state index in [0.29, 0.717) is 16.2 Å². The van der Waals surface area contributed by atoms with Crippen molar-refractivity contribution in [2.75, 3.05) is 7.11 Å². The van der Waals surface area contributed by atoms with Gasteiger partial charge >= 0.3 is 65.7 Å². The van der Waals surface area contributed by atoms with Gasteiger partial charge in [-0.05, 0) is 0 Å². The maximum Gasteiger partial charge on any atom is -0.870 e. The standard InChI is InChI=1S/C7H6BClO.2H2O/c1-10-7-3-2-5(8)4-6(7)9;;/h2-4H,1H3;2*1H2/q+2;;/p-2. The Morgan fingerprint density at radius 1 is 1.33 bits per heavy atom. The van der Waals surface area contributed by atoms with Crippen LogP contribution in [0.5, 0.6) is 5.75 Å². The summed E-state index contributed by atoms with van der Waals surface area (Å²) in [5.74, 6) is 0.649. The summed E-state index contributed by atoms with van der Waals surface area (Å²) in [6.45, 7) is 0. The molecule has 1 rings (SSSR count). The van der Waals surface area contributed by atoms with Crippen LogP contribution in [0.4, 0.5) is 0 Å². The molecule has 3 nitrogen and oxygen atoms in total. The Hall–Kier alpha value is -0.705. The van der Waals surface area contributed by atoms with Gasteiger partial charge in [-0.2, -0.15) is 0 Å². The molecular formula is C7H8BClO3. The molecule has 0 spiro atoms. The molecule has 12 heavy (non-hydrogen) atoms. The number of ether oxygens (including phenoxy) is 1. The molecule has 5 heteroatoms. The first kappa shape index (κ1) is 13.9. The predicted molar refractivity (Wildman–Crippen MR) is 47.3 cm³/mol. The summed E-state index contributed by atoms with van der Waals surface area (Å²) >= 11 is 5.72. The Balaban J connectivity index is 0. The Bertz CT molecular complexity index is 242. The SMILES string of the molecule is [B+2]c1ccc(OC)c(Cl)c1.[OH-].[OH-]. The predicted octanol–water partition coefficient (Wildman–Crippen LogP) is 0.789. The molecule has 0 aliphatic heterocycles. The molecule has 1 aromatic carbocycles. The summed E-state index contributed by atoms with van der Waals surface area (Å²) in [4.78, 5) is 0. The van der Waals surface area contributed by atoms with Gasteiger partial charge in [-0.1, -0.05) is 0 Å². The first-order valence-electron chi connectivity index (χ1n) is 2.83. The first-order valence-corrected chi connectivity index (χ1v) is 3.21. The molecule has 0 saturated carbocycles. The number of hydrogen-bond donors (Lipinski definition) is 0. The summed E-state index contributed by atoms with van der Waals surface area (Å²) in [5.41, 5.74) is 0.644. The minimum absolute atomic E-state index is 0. The summed E-state index contributed by atoms with van der Waals surface area (Å²) in [5, 5.41) is 0.544. The first-order chi connectivity index (χ1) is 4.74. The van der Waals surface area contributed by atoms with Crippen molar-refractivity contribution >= 4 is 24.9 Å². The normalized spacial score (nSPS) is 8.00. The Kier molecular flexibility index (Phi) is 6.79. The van der Waals surface area contributed by atoms with Crippen LogP contribution in [0.2, 0.25) is 5.02 Å². The molecular weight excluding hydrogens is 178 g/mol. The fourth-order valence-electron chi connectivity index (χ4n) is 0.683. The van der Waals surface area contributed by atoms with E-state index in [-0.39, 0.29) is 11.0 Å². The van der Waals surface area contributed by atoms with Gasteiger partial charge in [0, 0.05) is 0 Å². The van der Waals surface area contributed by atoms with Gasteiger partial charge in [0.15, 0.2) is 0 Å². The molecule has 0 unspecified atom stereocenters. The quantitative estimate of drug-likeness (QED) is 0.609. The summed E-state index contributed by atoms with van der Waals surface area (Å²) in [6.07, 6.45) is 0. The smallest absolute Gasteiger partial charge is 0.870 e. The van der Waals surface area contributed by atoms with Gasteiger partial charge in [0.2, 0.25) is 0 Å². The zero-order chi connectivity index (χ0) is 7.56. The van der Waals surface area contributed by atoms with Crippen LogP contribution in [-0.2, 0) is 0 Å². The topological polar surface area (TPSA) is 69.2 Å². The molecule has 0 heterocycles. The van der Waals surface area contributed by atoms with Gasteiger partial charge in [-0.15, -0.1) is 0 Å². The number of rotatable bonds is 1. The van der Waals surface area contributed by atoms with Crippen LogP contribution < -0.4 is 10.2 Å². The molecule has 0 fully saturated rings. The van der Waals surface area contributed by atoms with E-state index >= 15 is 0 Å². The zero-order valence-electron chi connectivity index (χ0n) is 6.49. The molecule has 0 saturated heterocycles. The maximum atomic E-state index is 5.72. The summed E-state index contributed by atoms with van der Waals surface area (Å²) < 4.78 is 4.91. The van der Waals surface area contributed by atoms with Gasteiger partial charge in [-0.3, -0.25) is 0 Å². The molecule has 0 aliphatic rings. The molecule has 2 N–H and O–H groups in total. The third-order valence-corrected chi connectivity index (χ3v) is 1.47. The van der Waals surface area contributed by atoms with Gasteiger partial charge in [0.1, 0.15) is 0 Å². The van der Waals surface area contributed by atoms with Crippen LogP contribution in [0.15, 0.2) is 18.2 Å². The van der Waals surface area contributed by atoms with Crippen molar-refractivity contribution in [3.05, 3.63) is 23.2 Å². The van der Waals surface area contributed by atoms with Gasteiger partial charge < -0.3 is 11.0 Å². The zero-order valence-corrected chi connectivity index (χ0v) is 7.25. The average Bonchev–Trinajstić information content (AvgIpc) is 1.88. The van der Waals surface area contributed by atoms with Gasteiger partial charge in [0.05, 0.1) is 0 Å². The number of halogens is 1. The molecule has 0 aliphatic carbocycles. The second kappa shape index (κ2) is 5.88. The van der Waals surface area contributed by atoms with Crippen LogP contribution in [0.1, 0.15) is 0 Å². The average molecular weight is 186 g/mol. The van der Waals surface area contributed by atoms with E-state index in [2.05, 4.69) is 0 Å². The molecule has 0 aromatic heterocycles. The Morgan fingerprint density at radius 3 is 2.33 bits per heavy atom. The van der Waals surface area contributed by atoms with E-state index in [0.717, 1.165) is 0 Å². The molecule has 0 radical (unpaired) electrons. The van der Waals surface area contributed by atoms with Crippen molar-refractivity contribution in [1.29, 1.82) is 0 Å². The van der Waals surface area contributed by atoms with Crippen LogP contribution >= 0.6 is 11.6 Å². The summed E-state index contributed by atoms with van der Waals surface area (Å²) in [6, 6.07) is 5.13. The van der Waals surface area contributed by atoms with Crippen molar-refractivity contribution in [3.63, 3.8) is 0 Å². The third kappa shape index (κ3) is 3.13. The van der Waals surface area contributed by atoms with Crippen molar-refractivity contribution < 1.29 is 15.7 Å². The number of benzene rings is 1. The van der Waals surface area contributed by atoms with E-state index in [1.54, 1.807) is 25.3 Å². The Labute approximate surface area is 77.3 Å². The van der Waals surface area contributed by atoms with E-state index in [1.807, 2.05) is 0 Å². The Morgan fingerprint density at radius 2 is 1.92 bits per heavy atom. The van der Waals surface area contributed by atoms with Crippen molar-refractivity contribution in [3.8, 4) is 5.75 Å². The monoisotopic (exact) mass is 186 g/mol. The van der Waals surface area contributed by atoms with E-state index in [9.17, 15) is 0 Å². The number of methoxy groups -OCH3 is 1. The van der Waals surface area contributed by atoms with Gasteiger partial charge in [0.25, 0.3) is 0 Å². The molecule has 0 atom stereocenters. The van der Waals surface area contributed by atoms with Crippen molar-refractivity contribution in [2.45, 2.75) is 0 Å². The van der Waals surface area contributed by atoms with Gasteiger partial charge in [-0.25, -0.2) is 0 Å².